The zero-order chi connectivity index (χ0) is 14.0. The molecule has 0 aromatic carbocycles. The van der Waals surface area contributed by atoms with E-state index in [9.17, 15) is 0 Å². The van der Waals surface area contributed by atoms with Gasteiger partial charge in [-0.1, -0.05) is 53.9 Å². The Bertz CT molecular complexity index is 176. The number of hydrogen-bond acceptors (Lipinski definition) is 2. The van der Waals surface area contributed by atoms with E-state index in [0.29, 0.717) is 11.8 Å². The Kier molecular flexibility index (Phi) is 9.76. The van der Waals surface area contributed by atoms with Crippen molar-refractivity contribution in [3.05, 3.63) is 0 Å². The summed E-state index contributed by atoms with van der Waals surface area (Å²) in [6.07, 6.45) is 6.07. The molecular weight excluding hydrogens is 224 g/mol. The molecule has 0 unspecified atom stereocenters. The van der Waals surface area contributed by atoms with Crippen molar-refractivity contribution in [2.75, 3.05) is 13.2 Å². The largest absolute Gasteiger partial charge is 0.350 e. The predicted octanol–water partition coefficient (Wildman–Crippen LogP) is 5.02. The molecule has 0 aromatic rings. The van der Waals surface area contributed by atoms with Crippen molar-refractivity contribution in [2.24, 2.45) is 11.8 Å². The second-order valence-corrected chi connectivity index (χ2v) is 6.35. The SMILES string of the molecule is CCCCCCC(C)(OCC(C)C)OCC(C)C. The van der Waals surface area contributed by atoms with Crippen molar-refractivity contribution >= 4 is 0 Å². The first kappa shape index (κ1) is 17.9. The third-order valence-electron chi connectivity index (χ3n) is 2.93. The number of unbranched alkanes of at least 4 members (excludes halogenated alkanes) is 3. The van der Waals surface area contributed by atoms with Gasteiger partial charge in [0, 0.05) is 6.42 Å². The Morgan fingerprint density at radius 2 is 1.33 bits per heavy atom. The smallest absolute Gasteiger partial charge is 0.165 e. The maximum atomic E-state index is 6.00. The summed E-state index contributed by atoms with van der Waals surface area (Å²) in [5.74, 6) is 0.729. The standard InChI is InChI=1S/C16H34O2/c1-7-8-9-10-11-16(6,17-12-14(2)3)18-13-15(4)5/h14-15H,7-13H2,1-6H3. The van der Waals surface area contributed by atoms with Crippen LogP contribution >= 0.6 is 0 Å². The van der Waals surface area contributed by atoms with Gasteiger partial charge in [0.15, 0.2) is 5.79 Å². The van der Waals surface area contributed by atoms with Crippen molar-refractivity contribution in [1.82, 2.24) is 0 Å². The van der Waals surface area contributed by atoms with Gasteiger partial charge in [0.2, 0.25) is 0 Å². The van der Waals surface area contributed by atoms with Crippen LogP contribution in [0.2, 0.25) is 0 Å². The van der Waals surface area contributed by atoms with E-state index < -0.39 is 0 Å². The fraction of sp³-hybridized carbons (Fsp3) is 1.00. The van der Waals surface area contributed by atoms with E-state index in [-0.39, 0.29) is 5.79 Å². The molecule has 0 heterocycles. The molecule has 0 radical (unpaired) electrons. The summed E-state index contributed by atoms with van der Waals surface area (Å²) in [6, 6.07) is 0. The Morgan fingerprint density at radius 1 is 0.833 bits per heavy atom. The van der Waals surface area contributed by atoms with Crippen molar-refractivity contribution in [3.8, 4) is 0 Å². The first-order valence-corrected chi connectivity index (χ1v) is 7.67. The van der Waals surface area contributed by atoms with E-state index in [4.69, 9.17) is 9.47 Å². The topological polar surface area (TPSA) is 18.5 Å². The summed E-state index contributed by atoms with van der Waals surface area (Å²) in [6.45, 7) is 14.6. The van der Waals surface area contributed by atoms with E-state index in [1.54, 1.807) is 0 Å². The summed E-state index contributed by atoms with van der Waals surface area (Å²) >= 11 is 0. The van der Waals surface area contributed by atoms with Gasteiger partial charge in [0.05, 0.1) is 13.2 Å². The van der Waals surface area contributed by atoms with E-state index in [0.717, 1.165) is 19.6 Å². The van der Waals surface area contributed by atoms with Crippen LogP contribution in [0.1, 0.15) is 73.6 Å². The molecule has 0 spiro atoms. The van der Waals surface area contributed by atoms with Gasteiger partial charge in [-0.2, -0.15) is 0 Å². The molecule has 0 N–H and O–H groups in total. The molecule has 0 aliphatic heterocycles. The Balaban J connectivity index is 4.11. The van der Waals surface area contributed by atoms with Crippen LogP contribution in [0.5, 0.6) is 0 Å². The van der Waals surface area contributed by atoms with Crippen LogP contribution in [0.25, 0.3) is 0 Å². The number of ether oxygens (including phenoxy) is 2. The average Bonchev–Trinajstić information content (AvgIpc) is 2.30. The van der Waals surface area contributed by atoms with Crippen LogP contribution in [-0.4, -0.2) is 19.0 Å². The Labute approximate surface area is 114 Å². The molecule has 0 bridgehead atoms. The lowest BCUT2D eigenvalue weighted by Gasteiger charge is -2.32. The molecule has 0 amide bonds. The lowest BCUT2D eigenvalue weighted by Crippen LogP contribution is -2.35. The van der Waals surface area contributed by atoms with E-state index in [2.05, 4.69) is 41.5 Å². The molecule has 0 aromatic heterocycles. The van der Waals surface area contributed by atoms with Gasteiger partial charge in [-0.05, 0) is 25.2 Å². The quantitative estimate of drug-likeness (QED) is 0.383. The molecule has 110 valence electrons. The van der Waals surface area contributed by atoms with E-state index in [1.807, 2.05) is 0 Å². The highest BCUT2D eigenvalue weighted by atomic mass is 16.7. The molecule has 0 rings (SSSR count). The van der Waals surface area contributed by atoms with Crippen LogP contribution < -0.4 is 0 Å². The van der Waals surface area contributed by atoms with Gasteiger partial charge < -0.3 is 9.47 Å². The minimum atomic E-state index is -0.387. The lowest BCUT2D eigenvalue weighted by atomic mass is 10.1. The van der Waals surface area contributed by atoms with Gasteiger partial charge in [0.1, 0.15) is 0 Å². The van der Waals surface area contributed by atoms with E-state index in [1.165, 1.54) is 25.7 Å². The number of rotatable bonds is 11. The minimum absolute atomic E-state index is 0.387. The summed E-state index contributed by atoms with van der Waals surface area (Å²) in [5.41, 5.74) is 0. The monoisotopic (exact) mass is 258 g/mol. The van der Waals surface area contributed by atoms with Gasteiger partial charge in [-0.3, -0.25) is 0 Å². The van der Waals surface area contributed by atoms with E-state index >= 15 is 0 Å². The average molecular weight is 258 g/mol. The highest BCUT2D eigenvalue weighted by Crippen LogP contribution is 2.23. The van der Waals surface area contributed by atoms with Crippen molar-refractivity contribution in [3.63, 3.8) is 0 Å². The first-order chi connectivity index (χ1) is 8.39. The second kappa shape index (κ2) is 9.80. The summed E-state index contributed by atoms with van der Waals surface area (Å²) in [5, 5.41) is 0. The third-order valence-corrected chi connectivity index (χ3v) is 2.93. The fourth-order valence-corrected chi connectivity index (χ4v) is 1.74. The molecular formula is C16H34O2. The minimum Gasteiger partial charge on any atom is -0.350 e. The Morgan fingerprint density at radius 3 is 1.72 bits per heavy atom. The summed E-state index contributed by atoms with van der Waals surface area (Å²) in [7, 11) is 0. The molecule has 0 fully saturated rings. The van der Waals surface area contributed by atoms with Crippen LogP contribution in [0.3, 0.4) is 0 Å². The second-order valence-electron chi connectivity index (χ2n) is 6.35. The molecule has 0 saturated carbocycles. The molecule has 2 heteroatoms. The lowest BCUT2D eigenvalue weighted by molar-refractivity contribution is -0.238. The third kappa shape index (κ3) is 9.90. The normalized spacial score (nSPS) is 12.7. The van der Waals surface area contributed by atoms with Crippen LogP contribution in [0.15, 0.2) is 0 Å². The predicted molar refractivity (Wildman–Crippen MR) is 78.7 cm³/mol. The van der Waals surface area contributed by atoms with Gasteiger partial charge in [0.25, 0.3) is 0 Å². The molecule has 0 atom stereocenters. The summed E-state index contributed by atoms with van der Waals surface area (Å²) in [4.78, 5) is 0. The summed E-state index contributed by atoms with van der Waals surface area (Å²) < 4.78 is 12.0. The van der Waals surface area contributed by atoms with Crippen molar-refractivity contribution in [1.29, 1.82) is 0 Å². The zero-order valence-electron chi connectivity index (χ0n) is 13.4. The molecule has 18 heavy (non-hydrogen) atoms. The zero-order valence-corrected chi connectivity index (χ0v) is 13.4. The van der Waals surface area contributed by atoms with Crippen LogP contribution in [0, 0.1) is 11.8 Å². The maximum absolute atomic E-state index is 6.00. The van der Waals surface area contributed by atoms with Crippen LogP contribution in [-0.2, 0) is 9.47 Å². The van der Waals surface area contributed by atoms with Gasteiger partial charge in [-0.25, -0.2) is 0 Å². The first-order valence-electron chi connectivity index (χ1n) is 7.67. The molecule has 0 aliphatic rings. The van der Waals surface area contributed by atoms with Gasteiger partial charge >= 0.3 is 0 Å². The Hall–Kier alpha value is -0.0800. The molecule has 0 saturated heterocycles. The molecule has 0 aliphatic carbocycles. The highest BCUT2D eigenvalue weighted by molar-refractivity contribution is 4.65. The van der Waals surface area contributed by atoms with Gasteiger partial charge in [-0.15, -0.1) is 0 Å². The van der Waals surface area contributed by atoms with Crippen molar-refractivity contribution < 1.29 is 9.47 Å². The van der Waals surface area contributed by atoms with Crippen LogP contribution in [0.4, 0.5) is 0 Å². The maximum Gasteiger partial charge on any atom is 0.165 e. The fourth-order valence-electron chi connectivity index (χ4n) is 1.74. The molecule has 2 nitrogen and oxygen atoms in total. The highest BCUT2D eigenvalue weighted by Gasteiger charge is 2.26. The number of hydrogen-bond donors (Lipinski definition) is 0. The van der Waals surface area contributed by atoms with Crippen molar-refractivity contribution in [2.45, 2.75) is 79.4 Å².